The number of aromatic nitrogens is 2. The Morgan fingerprint density at radius 3 is 2.47 bits per heavy atom. The first kappa shape index (κ1) is 21.9. The Hall–Kier alpha value is -3.94. The predicted octanol–water partition coefficient (Wildman–Crippen LogP) is 3.29. The van der Waals surface area contributed by atoms with E-state index in [1.807, 2.05) is 53.6 Å². The average Bonchev–Trinajstić information content (AvgIpc) is 3.28. The second-order valence-corrected chi connectivity index (χ2v) is 8.78. The molecule has 2 atom stereocenters. The number of amides is 1. The van der Waals surface area contributed by atoms with Gasteiger partial charge in [-0.15, -0.1) is 0 Å². The van der Waals surface area contributed by atoms with E-state index in [0.29, 0.717) is 25.5 Å². The van der Waals surface area contributed by atoms with Crippen molar-refractivity contribution in [2.45, 2.75) is 31.3 Å². The summed E-state index contributed by atoms with van der Waals surface area (Å²) in [6.07, 6.45) is 15.0. The van der Waals surface area contributed by atoms with Crippen LogP contribution in [0.2, 0.25) is 0 Å². The van der Waals surface area contributed by atoms with Crippen molar-refractivity contribution < 1.29 is 14.7 Å². The summed E-state index contributed by atoms with van der Waals surface area (Å²) in [4.78, 5) is 37.0. The van der Waals surface area contributed by atoms with Crippen molar-refractivity contribution in [2.75, 3.05) is 18.0 Å². The number of carbonyl (C=O) groups is 2. The number of fused-ring (bicyclic) bond motifs is 1. The number of aromatic carboxylic acids is 1. The number of hydrogen-bond acceptors (Lipinski definition) is 6. The zero-order chi connectivity index (χ0) is 23.5. The Bertz CT molecular complexity index is 1130. The summed E-state index contributed by atoms with van der Waals surface area (Å²) in [6.45, 7) is 1.31. The second-order valence-electron chi connectivity index (χ2n) is 8.78. The maximum Gasteiger partial charge on any atom is 0.338 e. The number of carboxylic acids is 1. The highest BCUT2D eigenvalue weighted by Gasteiger charge is 2.32. The van der Waals surface area contributed by atoms with Gasteiger partial charge < -0.3 is 20.2 Å². The number of nitrogens with zero attached hydrogens (tertiary/aromatic N) is 4. The lowest BCUT2D eigenvalue weighted by atomic mass is 9.89. The summed E-state index contributed by atoms with van der Waals surface area (Å²) >= 11 is 0. The Balaban J connectivity index is 1.26. The number of nitrogens with one attached hydrogen (secondary N) is 1. The van der Waals surface area contributed by atoms with Gasteiger partial charge in [0.2, 0.25) is 11.9 Å². The van der Waals surface area contributed by atoms with E-state index < -0.39 is 5.97 Å². The van der Waals surface area contributed by atoms with Crippen molar-refractivity contribution in [3.05, 3.63) is 84.4 Å². The van der Waals surface area contributed by atoms with Gasteiger partial charge in [0.05, 0.1) is 18.0 Å². The fraction of sp³-hybridized carbons (Fsp3) is 0.308. The molecule has 0 radical (unpaired) electrons. The smallest absolute Gasteiger partial charge is 0.338 e. The molecule has 5 rings (SSSR count). The summed E-state index contributed by atoms with van der Waals surface area (Å²) in [5.41, 5.74) is 2.13. The first-order valence-corrected chi connectivity index (χ1v) is 11.6. The van der Waals surface area contributed by atoms with Gasteiger partial charge in [-0.25, -0.2) is 14.8 Å². The molecule has 174 valence electrons. The Morgan fingerprint density at radius 1 is 1.06 bits per heavy atom. The summed E-state index contributed by atoms with van der Waals surface area (Å²) < 4.78 is 0. The normalized spacial score (nSPS) is 21.5. The molecule has 34 heavy (non-hydrogen) atoms. The number of anilines is 2. The van der Waals surface area contributed by atoms with Crippen LogP contribution >= 0.6 is 0 Å². The molecule has 0 saturated carbocycles. The highest BCUT2D eigenvalue weighted by Crippen LogP contribution is 2.32. The molecule has 1 amide bonds. The van der Waals surface area contributed by atoms with Crippen LogP contribution in [0.5, 0.6) is 0 Å². The standard InChI is InChI=1S/C26H27N5O3/c32-24(14-18-15-27-23-9-5-4-8-22(18)23)30-12-10-21(11-13-30)31(20-6-2-1-3-7-20)26-28-16-19(17-29-26)25(33)34/h1-9,15-17,21-23,27H,10-14H2,(H,33,34). The molecule has 0 bridgehead atoms. The van der Waals surface area contributed by atoms with E-state index in [4.69, 9.17) is 0 Å². The Labute approximate surface area is 198 Å². The van der Waals surface area contributed by atoms with Gasteiger partial charge in [0.15, 0.2) is 0 Å². The minimum Gasteiger partial charge on any atom is -0.478 e. The monoisotopic (exact) mass is 457 g/mol. The van der Waals surface area contributed by atoms with Crippen LogP contribution in [0.4, 0.5) is 11.6 Å². The van der Waals surface area contributed by atoms with Crippen molar-refractivity contribution in [3.63, 3.8) is 0 Å². The molecule has 1 fully saturated rings. The number of benzene rings is 1. The van der Waals surface area contributed by atoms with Gasteiger partial charge in [0.25, 0.3) is 0 Å². The molecule has 2 aromatic rings. The number of carboxylic acid groups (broad SMARTS) is 1. The molecule has 2 N–H and O–H groups in total. The van der Waals surface area contributed by atoms with Gasteiger partial charge in [0.1, 0.15) is 0 Å². The lowest BCUT2D eigenvalue weighted by Crippen LogP contribution is -2.46. The van der Waals surface area contributed by atoms with Crippen LogP contribution in [0.1, 0.15) is 29.6 Å². The van der Waals surface area contributed by atoms with E-state index in [1.165, 1.54) is 12.4 Å². The molecule has 1 aromatic carbocycles. The second kappa shape index (κ2) is 9.51. The first-order chi connectivity index (χ1) is 16.6. The average molecular weight is 458 g/mol. The number of allylic oxidation sites excluding steroid dienone is 2. The summed E-state index contributed by atoms with van der Waals surface area (Å²) in [5, 5.41) is 12.5. The molecule has 1 aromatic heterocycles. The molecule has 3 heterocycles. The van der Waals surface area contributed by atoms with E-state index in [1.54, 1.807) is 0 Å². The number of likely N-dealkylation sites (tertiary alicyclic amines) is 1. The van der Waals surface area contributed by atoms with E-state index in [-0.39, 0.29) is 29.5 Å². The SMILES string of the molecule is O=C(O)c1cnc(N(c2ccccc2)C2CCN(C(=O)CC3=CNC4C=CC=CC34)CC2)nc1. The molecule has 1 saturated heterocycles. The van der Waals surface area contributed by atoms with Crippen LogP contribution in [0.25, 0.3) is 0 Å². The molecule has 8 nitrogen and oxygen atoms in total. The number of para-hydroxylation sites is 1. The van der Waals surface area contributed by atoms with Crippen molar-refractivity contribution in [1.82, 2.24) is 20.2 Å². The van der Waals surface area contributed by atoms with Crippen molar-refractivity contribution >= 4 is 23.5 Å². The Kier molecular flexibility index (Phi) is 6.12. The lowest BCUT2D eigenvalue weighted by molar-refractivity contribution is -0.131. The molecule has 1 aliphatic carbocycles. The molecular weight excluding hydrogens is 430 g/mol. The fourth-order valence-electron chi connectivity index (χ4n) is 4.88. The zero-order valence-corrected chi connectivity index (χ0v) is 18.7. The van der Waals surface area contributed by atoms with E-state index in [9.17, 15) is 14.7 Å². The first-order valence-electron chi connectivity index (χ1n) is 11.6. The van der Waals surface area contributed by atoms with E-state index in [0.717, 1.165) is 24.1 Å². The van der Waals surface area contributed by atoms with Crippen LogP contribution in [0.3, 0.4) is 0 Å². The van der Waals surface area contributed by atoms with Crippen LogP contribution in [-0.2, 0) is 4.79 Å². The van der Waals surface area contributed by atoms with Crippen molar-refractivity contribution in [2.24, 2.45) is 5.92 Å². The van der Waals surface area contributed by atoms with Gasteiger partial charge in [-0.05, 0) is 36.7 Å². The topological polar surface area (TPSA) is 98.7 Å². The molecular formula is C26H27N5O3. The predicted molar refractivity (Wildman–Crippen MR) is 129 cm³/mol. The van der Waals surface area contributed by atoms with Crippen LogP contribution < -0.4 is 10.2 Å². The van der Waals surface area contributed by atoms with Gasteiger partial charge in [-0.2, -0.15) is 0 Å². The largest absolute Gasteiger partial charge is 0.478 e. The van der Waals surface area contributed by atoms with E-state index in [2.05, 4.69) is 32.3 Å². The quantitative estimate of drug-likeness (QED) is 0.687. The third-order valence-corrected chi connectivity index (χ3v) is 6.70. The van der Waals surface area contributed by atoms with Crippen LogP contribution in [0.15, 0.2) is 78.8 Å². The number of carbonyl (C=O) groups excluding carboxylic acids is 1. The third-order valence-electron chi connectivity index (χ3n) is 6.70. The van der Waals surface area contributed by atoms with E-state index >= 15 is 0 Å². The minimum absolute atomic E-state index is 0.0541. The van der Waals surface area contributed by atoms with Crippen molar-refractivity contribution in [1.29, 1.82) is 0 Å². The highest BCUT2D eigenvalue weighted by atomic mass is 16.4. The van der Waals surface area contributed by atoms with Gasteiger partial charge in [-0.3, -0.25) is 4.79 Å². The fourth-order valence-corrected chi connectivity index (χ4v) is 4.88. The number of rotatable bonds is 6. The third kappa shape index (κ3) is 4.44. The van der Waals surface area contributed by atoms with Gasteiger partial charge in [-0.1, -0.05) is 42.5 Å². The maximum atomic E-state index is 13.1. The lowest BCUT2D eigenvalue weighted by Gasteiger charge is -2.38. The molecule has 8 heteroatoms. The molecule has 0 spiro atoms. The summed E-state index contributed by atoms with van der Waals surface area (Å²) in [7, 11) is 0. The van der Waals surface area contributed by atoms with Crippen LogP contribution in [0, 0.1) is 5.92 Å². The molecule has 3 aliphatic rings. The van der Waals surface area contributed by atoms with Crippen LogP contribution in [-0.4, -0.2) is 57.0 Å². The Morgan fingerprint density at radius 2 is 1.76 bits per heavy atom. The minimum atomic E-state index is -1.05. The van der Waals surface area contributed by atoms with Crippen molar-refractivity contribution in [3.8, 4) is 0 Å². The summed E-state index contributed by atoms with van der Waals surface area (Å²) in [6, 6.07) is 10.2. The maximum absolute atomic E-state index is 13.1. The molecule has 2 aliphatic heterocycles. The highest BCUT2D eigenvalue weighted by molar-refractivity contribution is 5.87. The van der Waals surface area contributed by atoms with Gasteiger partial charge in [0, 0.05) is 43.1 Å². The zero-order valence-electron chi connectivity index (χ0n) is 18.7. The number of hydrogen-bond donors (Lipinski definition) is 2. The molecule has 2 unspecified atom stereocenters. The summed E-state index contributed by atoms with van der Waals surface area (Å²) in [5.74, 6) is -0.177. The number of piperidine rings is 1. The van der Waals surface area contributed by atoms with Gasteiger partial charge >= 0.3 is 5.97 Å².